The van der Waals surface area contributed by atoms with E-state index >= 15 is 0 Å². The van der Waals surface area contributed by atoms with Crippen LogP contribution >= 0.6 is 0 Å². The predicted molar refractivity (Wildman–Crippen MR) is 214 cm³/mol. The molecule has 6 aliphatic rings. The molecule has 292 valence electrons. The Morgan fingerprint density at radius 1 is 0.635 bits per heavy atom. The van der Waals surface area contributed by atoms with Crippen LogP contribution in [-0.2, 0) is 0 Å². The van der Waals surface area contributed by atoms with Crippen LogP contribution in [0.3, 0.4) is 0 Å². The van der Waals surface area contributed by atoms with Gasteiger partial charge in [-0.3, -0.25) is 0 Å². The topological polar surface area (TPSA) is 101 Å². The molecule has 0 amide bonds. The summed E-state index contributed by atoms with van der Waals surface area (Å²) in [6, 6.07) is 0. The Bertz CT molecular complexity index is 1330. The molecule has 11 atom stereocenters. The molecule has 52 heavy (non-hydrogen) atoms. The van der Waals surface area contributed by atoms with Crippen LogP contribution in [-0.4, -0.2) is 55.5 Å². The number of rotatable bonds is 8. The molecule has 0 saturated heterocycles. The Labute approximate surface area is 316 Å². The van der Waals surface area contributed by atoms with E-state index in [-0.39, 0.29) is 0 Å². The Morgan fingerprint density at radius 3 is 1.48 bits per heavy atom. The van der Waals surface area contributed by atoms with Crippen molar-refractivity contribution in [3.8, 4) is 0 Å². The second-order valence-corrected chi connectivity index (χ2v) is 18.9. The summed E-state index contributed by atoms with van der Waals surface area (Å²) in [6.07, 6.45) is 25.5. The van der Waals surface area contributed by atoms with Gasteiger partial charge in [-0.05, 0) is 169 Å². The Hall–Kier alpha value is -1.76. The van der Waals surface area contributed by atoms with Crippen LogP contribution in [0.2, 0.25) is 0 Å². The summed E-state index contributed by atoms with van der Waals surface area (Å²) in [5, 5.41) is 50.1. The molecule has 0 aromatic carbocycles. The van der Waals surface area contributed by atoms with Crippen LogP contribution in [0.1, 0.15) is 144 Å². The molecule has 6 fully saturated rings. The fourth-order valence-corrected chi connectivity index (χ4v) is 11.3. The van der Waals surface area contributed by atoms with Gasteiger partial charge in [0.2, 0.25) is 0 Å². The lowest BCUT2D eigenvalue weighted by Crippen LogP contribution is -2.28. The minimum Gasteiger partial charge on any atom is -0.390 e. The van der Waals surface area contributed by atoms with Crippen molar-refractivity contribution < 1.29 is 25.5 Å². The second kappa shape index (κ2) is 18.2. The van der Waals surface area contributed by atoms with Crippen molar-refractivity contribution in [2.45, 2.75) is 174 Å². The number of hydrogen-bond donors (Lipinski definition) is 5. The average molecular weight is 719 g/mol. The first-order valence-corrected chi connectivity index (χ1v) is 21.2. The summed E-state index contributed by atoms with van der Waals surface area (Å²) in [4.78, 5) is 0. The Balaban J connectivity index is 0.000000206. The SMILES string of the molecule is C=C1[C@H](O)CC(=C/C=C2\CCC[C@@H]3[C@@H](C(C)C)CC[C@@H]23)C[C@H]1O.C=C1[C@H](O)CC(=C/C=C2\CCC[C@@H]3[C@@H]([C@@H](C)CCCC(C)(C)O)CC[C@@H]23)C[C@H]1O. The molecule has 5 heteroatoms. The fourth-order valence-electron chi connectivity index (χ4n) is 11.3. The maximum atomic E-state index is 10.1. The maximum Gasteiger partial charge on any atom is 0.0809 e. The third kappa shape index (κ3) is 10.5. The first kappa shape index (κ1) is 41.4. The number of aliphatic hydroxyl groups is 5. The summed E-state index contributed by atoms with van der Waals surface area (Å²) < 4.78 is 0. The Kier molecular flexibility index (Phi) is 14.5. The average Bonchev–Trinajstić information content (AvgIpc) is 3.73. The Morgan fingerprint density at radius 2 is 1.06 bits per heavy atom. The van der Waals surface area contributed by atoms with Crippen LogP contribution in [0.15, 0.2) is 70.9 Å². The molecule has 5 nitrogen and oxygen atoms in total. The van der Waals surface area contributed by atoms with Gasteiger partial charge in [0.1, 0.15) is 0 Å². The highest BCUT2D eigenvalue weighted by molar-refractivity contribution is 5.30. The molecule has 0 unspecified atom stereocenters. The van der Waals surface area contributed by atoms with Crippen molar-refractivity contribution in [2.75, 3.05) is 0 Å². The van der Waals surface area contributed by atoms with Gasteiger partial charge in [-0.2, -0.15) is 0 Å². The molecule has 0 aromatic rings. The summed E-state index contributed by atoms with van der Waals surface area (Å²) in [5.74, 6) is 6.45. The molecular weight excluding hydrogens is 645 g/mol. The van der Waals surface area contributed by atoms with Crippen LogP contribution in [0.4, 0.5) is 0 Å². The molecule has 6 rings (SSSR count). The van der Waals surface area contributed by atoms with Gasteiger partial charge in [-0.1, -0.05) is 93.4 Å². The number of allylic oxidation sites excluding steroid dienone is 6. The van der Waals surface area contributed by atoms with E-state index in [0.29, 0.717) is 36.8 Å². The van der Waals surface area contributed by atoms with Gasteiger partial charge in [0, 0.05) is 0 Å². The standard InChI is InChI=1S/C26H42O3.C21H32O2/c1-17(7-6-14-26(3,4)29)21-12-13-22-20(8-5-9-23(21)22)11-10-19-15-24(27)18(2)25(28)16-19;1-13(2)17-9-10-18-16(5-4-6-19(17)18)8-7-15-11-20(22)14(3)21(23)12-15/h10-11,17,21-25,27-29H,2,5-9,12-16H2,1,3-4H3;7-8,13,17-23H,3-6,9-12H2,1-2H3/b20-11+;16-8+/t17-,21+,22-,23+,24+,25+;17-,18+,19-,20-,21-/m01/s1. The lowest BCUT2D eigenvalue weighted by Gasteiger charge is -2.34. The van der Waals surface area contributed by atoms with E-state index in [2.05, 4.69) is 58.2 Å². The van der Waals surface area contributed by atoms with Gasteiger partial charge in [0.25, 0.3) is 0 Å². The van der Waals surface area contributed by atoms with Crippen LogP contribution in [0.25, 0.3) is 0 Å². The minimum absolute atomic E-state index is 0.543. The second-order valence-electron chi connectivity index (χ2n) is 18.9. The van der Waals surface area contributed by atoms with E-state index in [4.69, 9.17) is 0 Å². The third-order valence-electron chi connectivity index (χ3n) is 14.3. The largest absolute Gasteiger partial charge is 0.390 e. The number of aliphatic hydroxyl groups excluding tert-OH is 4. The summed E-state index contributed by atoms with van der Waals surface area (Å²) in [7, 11) is 0. The van der Waals surface area contributed by atoms with Crippen molar-refractivity contribution in [3.05, 3.63) is 70.9 Å². The predicted octanol–water partition coefficient (Wildman–Crippen LogP) is 9.71. The number of fused-ring (bicyclic) bond motifs is 2. The van der Waals surface area contributed by atoms with Crippen molar-refractivity contribution >= 4 is 0 Å². The molecule has 0 spiro atoms. The van der Waals surface area contributed by atoms with Crippen LogP contribution in [0, 0.1) is 47.3 Å². The van der Waals surface area contributed by atoms with Gasteiger partial charge in [-0.15, -0.1) is 0 Å². The third-order valence-corrected chi connectivity index (χ3v) is 14.3. The van der Waals surface area contributed by atoms with Gasteiger partial charge in [0.05, 0.1) is 30.0 Å². The molecule has 6 saturated carbocycles. The molecule has 0 aromatic heterocycles. The zero-order valence-electron chi connectivity index (χ0n) is 33.4. The minimum atomic E-state index is -0.608. The van der Waals surface area contributed by atoms with E-state index in [0.717, 1.165) is 71.3 Å². The quantitative estimate of drug-likeness (QED) is 0.161. The number of hydrogen-bond acceptors (Lipinski definition) is 5. The van der Waals surface area contributed by atoms with Gasteiger partial charge in [0.15, 0.2) is 0 Å². The lowest BCUT2D eigenvalue weighted by atomic mass is 9.71. The first-order valence-electron chi connectivity index (χ1n) is 21.2. The molecule has 0 aliphatic heterocycles. The van der Waals surface area contributed by atoms with E-state index in [1.165, 1.54) is 70.6 Å². The highest BCUT2D eigenvalue weighted by atomic mass is 16.3. The summed E-state index contributed by atoms with van der Waals surface area (Å²) in [6.45, 7) is 18.6. The maximum absolute atomic E-state index is 10.1. The molecule has 6 aliphatic carbocycles. The van der Waals surface area contributed by atoms with E-state index in [1.54, 1.807) is 11.1 Å². The van der Waals surface area contributed by atoms with Crippen LogP contribution in [0.5, 0.6) is 0 Å². The fraction of sp³-hybridized carbons (Fsp3) is 0.745. The van der Waals surface area contributed by atoms with Crippen molar-refractivity contribution in [1.29, 1.82) is 0 Å². The molecule has 0 bridgehead atoms. The molecular formula is C47H74O5. The highest BCUT2D eigenvalue weighted by Gasteiger charge is 2.42. The van der Waals surface area contributed by atoms with E-state index in [9.17, 15) is 25.5 Å². The van der Waals surface area contributed by atoms with Crippen molar-refractivity contribution in [3.63, 3.8) is 0 Å². The molecule has 0 heterocycles. The zero-order valence-corrected chi connectivity index (χ0v) is 33.4. The lowest BCUT2D eigenvalue weighted by molar-refractivity contribution is 0.0651. The highest BCUT2D eigenvalue weighted by Crippen LogP contribution is 2.52. The monoisotopic (exact) mass is 719 g/mol. The zero-order chi connectivity index (χ0) is 37.7. The van der Waals surface area contributed by atoms with Crippen molar-refractivity contribution in [1.82, 2.24) is 0 Å². The van der Waals surface area contributed by atoms with Crippen LogP contribution < -0.4 is 0 Å². The van der Waals surface area contributed by atoms with E-state index in [1.807, 2.05) is 13.8 Å². The van der Waals surface area contributed by atoms with Gasteiger partial charge in [-0.25, -0.2) is 0 Å². The van der Waals surface area contributed by atoms with Crippen molar-refractivity contribution in [2.24, 2.45) is 47.3 Å². The van der Waals surface area contributed by atoms with Gasteiger partial charge >= 0.3 is 0 Å². The van der Waals surface area contributed by atoms with Gasteiger partial charge < -0.3 is 25.5 Å². The smallest absolute Gasteiger partial charge is 0.0809 e. The summed E-state index contributed by atoms with van der Waals surface area (Å²) >= 11 is 0. The molecule has 0 radical (unpaired) electrons. The summed E-state index contributed by atoms with van der Waals surface area (Å²) in [5.41, 5.74) is 6.09. The first-order chi connectivity index (χ1) is 24.6. The molecule has 5 N–H and O–H groups in total. The normalized spacial score (nSPS) is 37.5. The van der Waals surface area contributed by atoms with E-state index < -0.39 is 30.0 Å².